The van der Waals surface area contributed by atoms with Gasteiger partial charge in [-0.25, -0.2) is 0 Å². The lowest BCUT2D eigenvalue weighted by Gasteiger charge is -2.56. The van der Waals surface area contributed by atoms with Gasteiger partial charge in [0, 0.05) is 29.3 Å². The van der Waals surface area contributed by atoms with Crippen molar-refractivity contribution in [2.75, 3.05) is 4.90 Å². The van der Waals surface area contributed by atoms with E-state index in [9.17, 15) is 23.3 Å². The average Bonchev–Trinajstić information content (AvgIpc) is 2.63. The molecule has 0 saturated carbocycles. The molecule has 4 rings (SSSR count). The van der Waals surface area contributed by atoms with E-state index in [0.29, 0.717) is 11.3 Å². The lowest BCUT2D eigenvalue weighted by molar-refractivity contribution is -0.385. The maximum Gasteiger partial charge on any atom is 0.416 e. The fourth-order valence-electron chi connectivity index (χ4n) is 3.93. The van der Waals surface area contributed by atoms with Crippen LogP contribution in [0.15, 0.2) is 42.5 Å². The molecule has 2 aliphatic rings. The Hall–Kier alpha value is -2.88. The number of hydrogen-bond acceptors (Lipinski definition) is 4. The third-order valence-electron chi connectivity index (χ3n) is 5.56. The molecule has 6 nitrogen and oxygen atoms in total. The van der Waals surface area contributed by atoms with Gasteiger partial charge in [0.2, 0.25) is 0 Å². The van der Waals surface area contributed by atoms with Gasteiger partial charge in [0.1, 0.15) is 5.75 Å². The van der Waals surface area contributed by atoms with Crippen LogP contribution < -0.4 is 15.0 Å². The molecule has 0 aliphatic carbocycles. The number of hydrogen-bond donors (Lipinski definition) is 1. The molecule has 1 N–H and O–H groups in total. The number of ether oxygens (including phenoxy) is 1. The van der Waals surface area contributed by atoms with Crippen molar-refractivity contribution in [1.29, 1.82) is 0 Å². The number of non-ortho nitro benzene ring substituents is 1. The topological polar surface area (TPSA) is 67.6 Å². The number of benzene rings is 2. The quantitative estimate of drug-likeness (QED) is 0.425. The van der Waals surface area contributed by atoms with Crippen LogP contribution in [-0.4, -0.2) is 15.8 Å². The highest BCUT2D eigenvalue weighted by atomic mass is 32.1. The summed E-state index contributed by atoms with van der Waals surface area (Å²) in [4.78, 5) is 12.2. The molecule has 0 aromatic heterocycles. The number of nitro groups is 1. The summed E-state index contributed by atoms with van der Waals surface area (Å²) in [6.45, 7) is 3.62. The van der Waals surface area contributed by atoms with Crippen LogP contribution in [0.1, 0.15) is 31.0 Å². The number of nitrogens with one attached hydrogen (secondary N) is 1. The molecular weight excluding hydrogens is 407 g/mol. The van der Waals surface area contributed by atoms with Gasteiger partial charge in [0.15, 0.2) is 10.8 Å². The molecule has 3 unspecified atom stereocenters. The van der Waals surface area contributed by atoms with Gasteiger partial charge in [0.05, 0.1) is 16.5 Å². The Balaban J connectivity index is 1.81. The minimum atomic E-state index is -4.49. The summed E-state index contributed by atoms with van der Waals surface area (Å²) in [6.07, 6.45) is -4.49. The van der Waals surface area contributed by atoms with Crippen LogP contribution in [-0.2, 0) is 6.18 Å². The Labute approximate surface area is 169 Å². The van der Waals surface area contributed by atoms with E-state index in [1.807, 2.05) is 6.92 Å². The number of nitro benzene ring substituents is 1. The molecule has 2 heterocycles. The van der Waals surface area contributed by atoms with Crippen LogP contribution in [0.5, 0.6) is 5.75 Å². The van der Waals surface area contributed by atoms with Crippen LogP contribution in [0.25, 0.3) is 0 Å². The van der Waals surface area contributed by atoms with Gasteiger partial charge >= 0.3 is 6.18 Å². The summed E-state index contributed by atoms with van der Waals surface area (Å²) in [5.41, 5.74) is -1.11. The zero-order valence-electron chi connectivity index (χ0n) is 15.4. The van der Waals surface area contributed by atoms with Gasteiger partial charge in [-0.1, -0.05) is 13.0 Å². The molecule has 0 spiro atoms. The normalized spacial score (nSPS) is 25.7. The van der Waals surface area contributed by atoms with Crippen LogP contribution in [0.4, 0.5) is 24.5 Å². The minimum absolute atomic E-state index is 0.0730. The van der Waals surface area contributed by atoms with E-state index < -0.39 is 22.4 Å². The fourth-order valence-corrected chi connectivity index (χ4v) is 4.34. The van der Waals surface area contributed by atoms with Crippen molar-refractivity contribution in [3.05, 3.63) is 63.7 Å². The average molecular weight is 423 g/mol. The predicted octanol–water partition coefficient (Wildman–Crippen LogP) is 4.79. The standard InChI is InChI=1S/C19H16F3N3O3S/c1-10-16-14-9-13(25(26)27)6-7-15(14)28-18(10,2)24(17(29)23-16)12-5-3-4-11(8-12)19(20,21)22/h3-10,16H,1-2H3,(H,23,29). The largest absolute Gasteiger partial charge is 0.467 e. The van der Waals surface area contributed by atoms with Crippen molar-refractivity contribution in [2.45, 2.75) is 31.8 Å². The first-order valence-corrected chi connectivity index (χ1v) is 9.18. The summed E-state index contributed by atoms with van der Waals surface area (Å²) < 4.78 is 45.8. The highest BCUT2D eigenvalue weighted by Crippen LogP contribution is 2.50. The Morgan fingerprint density at radius 2 is 2.00 bits per heavy atom. The van der Waals surface area contributed by atoms with E-state index in [0.717, 1.165) is 12.1 Å². The molecule has 2 aromatic carbocycles. The number of anilines is 1. The summed E-state index contributed by atoms with van der Waals surface area (Å²) in [7, 11) is 0. The maximum absolute atomic E-state index is 13.2. The molecule has 2 aromatic rings. The van der Waals surface area contributed by atoms with E-state index in [2.05, 4.69) is 5.32 Å². The first-order chi connectivity index (χ1) is 13.5. The minimum Gasteiger partial charge on any atom is -0.467 e. The Morgan fingerprint density at radius 1 is 1.28 bits per heavy atom. The monoisotopic (exact) mass is 423 g/mol. The van der Waals surface area contributed by atoms with Crippen LogP contribution in [0, 0.1) is 16.0 Å². The van der Waals surface area contributed by atoms with Crippen molar-refractivity contribution in [3.8, 4) is 5.75 Å². The third kappa shape index (κ3) is 2.98. The van der Waals surface area contributed by atoms with E-state index in [-0.39, 0.29) is 28.4 Å². The van der Waals surface area contributed by atoms with Crippen LogP contribution in [0.2, 0.25) is 0 Å². The maximum atomic E-state index is 13.2. The first-order valence-electron chi connectivity index (χ1n) is 8.78. The van der Waals surface area contributed by atoms with Gasteiger partial charge < -0.3 is 10.1 Å². The number of rotatable bonds is 2. The van der Waals surface area contributed by atoms with Crippen molar-refractivity contribution < 1.29 is 22.8 Å². The molecule has 1 saturated heterocycles. The molecule has 2 aliphatic heterocycles. The first kappa shape index (κ1) is 19.4. The Kier molecular flexibility index (Phi) is 4.23. The molecule has 3 atom stereocenters. The van der Waals surface area contributed by atoms with E-state index >= 15 is 0 Å². The van der Waals surface area contributed by atoms with Gasteiger partial charge in [-0.05, 0) is 43.4 Å². The molecule has 0 amide bonds. The molecule has 10 heteroatoms. The zero-order chi connectivity index (χ0) is 21.1. The van der Waals surface area contributed by atoms with Crippen molar-refractivity contribution in [2.24, 2.45) is 5.92 Å². The number of fused-ring (bicyclic) bond motifs is 4. The van der Waals surface area contributed by atoms with Gasteiger partial charge in [0.25, 0.3) is 5.69 Å². The van der Waals surface area contributed by atoms with Crippen molar-refractivity contribution in [1.82, 2.24) is 5.32 Å². The second-order valence-electron chi connectivity index (χ2n) is 7.24. The van der Waals surface area contributed by atoms with Crippen molar-refractivity contribution in [3.63, 3.8) is 0 Å². The van der Waals surface area contributed by atoms with E-state index in [1.165, 1.54) is 35.2 Å². The van der Waals surface area contributed by atoms with Gasteiger partial charge in [-0.2, -0.15) is 13.2 Å². The third-order valence-corrected chi connectivity index (χ3v) is 5.86. The molecule has 0 radical (unpaired) electrons. The second-order valence-corrected chi connectivity index (χ2v) is 7.62. The van der Waals surface area contributed by atoms with Gasteiger partial charge in [-0.3, -0.25) is 15.0 Å². The zero-order valence-corrected chi connectivity index (χ0v) is 16.2. The summed E-state index contributed by atoms with van der Waals surface area (Å²) in [6, 6.07) is 8.78. The number of thiocarbonyl (C=S) groups is 1. The molecular formula is C19H16F3N3O3S. The Bertz CT molecular complexity index is 1030. The number of halogens is 3. The van der Waals surface area contributed by atoms with Crippen LogP contribution in [0.3, 0.4) is 0 Å². The number of alkyl halides is 3. The second kappa shape index (κ2) is 6.31. The molecule has 29 heavy (non-hydrogen) atoms. The van der Waals surface area contributed by atoms with E-state index in [4.69, 9.17) is 17.0 Å². The lowest BCUT2D eigenvalue weighted by atomic mass is 9.80. The SMILES string of the molecule is CC1C2NC(=S)N(c3cccc(C(F)(F)F)c3)C1(C)Oc1ccc([N+](=O)[O-])cc12. The summed E-state index contributed by atoms with van der Waals surface area (Å²) in [5, 5.41) is 14.4. The molecule has 152 valence electrons. The smallest absolute Gasteiger partial charge is 0.416 e. The molecule has 1 fully saturated rings. The highest BCUT2D eigenvalue weighted by molar-refractivity contribution is 7.80. The fraction of sp³-hybridized carbons (Fsp3) is 0.316. The predicted molar refractivity (Wildman–Crippen MR) is 104 cm³/mol. The lowest BCUT2D eigenvalue weighted by Crippen LogP contribution is -2.69. The van der Waals surface area contributed by atoms with Crippen molar-refractivity contribution >= 4 is 28.7 Å². The Morgan fingerprint density at radius 3 is 2.66 bits per heavy atom. The summed E-state index contributed by atoms with van der Waals surface area (Å²) >= 11 is 5.46. The van der Waals surface area contributed by atoms with Gasteiger partial charge in [-0.15, -0.1) is 0 Å². The number of nitrogens with zero attached hydrogens (tertiary/aromatic N) is 2. The van der Waals surface area contributed by atoms with E-state index in [1.54, 1.807) is 6.92 Å². The summed E-state index contributed by atoms with van der Waals surface area (Å²) in [5.74, 6) is 0.145. The molecule has 2 bridgehead atoms. The highest BCUT2D eigenvalue weighted by Gasteiger charge is 2.54. The van der Waals surface area contributed by atoms with Crippen LogP contribution >= 0.6 is 12.2 Å².